The van der Waals surface area contributed by atoms with E-state index in [4.69, 9.17) is 0 Å². The Balaban J connectivity index is 1.17. The van der Waals surface area contributed by atoms with Crippen molar-refractivity contribution in [3.05, 3.63) is 36.4 Å². The zero-order valence-electron chi connectivity index (χ0n) is 13.3. The lowest BCUT2D eigenvalue weighted by atomic mass is 10.0. The zero-order valence-corrected chi connectivity index (χ0v) is 13.3. The summed E-state index contributed by atoms with van der Waals surface area (Å²) in [5, 5.41) is 13.2. The van der Waals surface area contributed by atoms with E-state index in [0.717, 1.165) is 48.0 Å². The molecule has 3 aromatic heterocycles. The van der Waals surface area contributed by atoms with E-state index >= 15 is 0 Å². The molecule has 2 N–H and O–H groups in total. The minimum atomic E-state index is 0.596. The summed E-state index contributed by atoms with van der Waals surface area (Å²) in [6.45, 7) is 2.92. The number of hydrogen-bond donors (Lipinski definition) is 2. The highest BCUT2D eigenvalue weighted by molar-refractivity contribution is 5.86. The number of aromatic nitrogens is 5. The normalized spacial score (nSPS) is 17.9. The molecule has 2 aliphatic rings. The van der Waals surface area contributed by atoms with Crippen molar-refractivity contribution in [1.29, 1.82) is 0 Å². The van der Waals surface area contributed by atoms with Crippen LogP contribution in [0.3, 0.4) is 0 Å². The highest BCUT2D eigenvalue weighted by Crippen LogP contribution is 2.39. The van der Waals surface area contributed by atoms with Crippen molar-refractivity contribution in [1.82, 2.24) is 25.1 Å². The van der Waals surface area contributed by atoms with Gasteiger partial charge in [-0.3, -0.25) is 0 Å². The Kier molecular flexibility index (Phi) is 3.11. The van der Waals surface area contributed by atoms with Gasteiger partial charge in [0.25, 0.3) is 0 Å². The lowest BCUT2D eigenvalue weighted by molar-refractivity contribution is 0.425. The third-order valence-electron chi connectivity index (χ3n) is 4.86. The molecule has 3 aromatic rings. The minimum absolute atomic E-state index is 0.596. The maximum Gasteiger partial charge on any atom is 0.151 e. The van der Waals surface area contributed by atoms with Gasteiger partial charge in [0.1, 0.15) is 17.8 Å². The van der Waals surface area contributed by atoms with Crippen LogP contribution in [0.1, 0.15) is 24.5 Å². The summed E-state index contributed by atoms with van der Waals surface area (Å²) in [6, 6.07) is 6.24. The first-order chi connectivity index (χ1) is 11.9. The van der Waals surface area contributed by atoms with Crippen LogP contribution in [0.25, 0.3) is 11.0 Å². The van der Waals surface area contributed by atoms with Crippen molar-refractivity contribution in [2.45, 2.75) is 18.8 Å². The Bertz CT molecular complexity index is 847. The van der Waals surface area contributed by atoms with E-state index in [1.165, 1.54) is 12.8 Å². The van der Waals surface area contributed by atoms with Crippen LogP contribution < -0.4 is 10.2 Å². The number of H-pyrrole nitrogens is 1. The maximum atomic E-state index is 4.38. The van der Waals surface area contributed by atoms with E-state index in [0.29, 0.717) is 11.8 Å². The molecule has 7 heteroatoms. The number of nitrogens with zero attached hydrogens (tertiary/aromatic N) is 5. The first kappa shape index (κ1) is 13.7. The Morgan fingerprint density at radius 1 is 1.12 bits per heavy atom. The molecule has 0 radical (unpaired) electrons. The molecule has 24 heavy (non-hydrogen) atoms. The van der Waals surface area contributed by atoms with Crippen LogP contribution in [-0.2, 0) is 0 Å². The summed E-state index contributed by atoms with van der Waals surface area (Å²) < 4.78 is 0. The van der Waals surface area contributed by atoms with Crippen molar-refractivity contribution >= 4 is 22.7 Å². The van der Waals surface area contributed by atoms with Gasteiger partial charge in [0, 0.05) is 37.7 Å². The quantitative estimate of drug-likeness (QED) is 0.749. The summed E-state index contributed by atoms with van der Waals surface area (Å²) in [4.78, 5) is 13.9. The molecule has 0 bridgehead atoms. The third kappa shape index (κ3) is 2.46. The Morgan fingerprint density at radius 3 is 2.83 bits per heavy atom. The van der Waals surface area contributed by atoms with Gasteiger partial charge >= 0.3 is 0 Å². The van der Waals surface area contributed by atoms with Crippen LogP contribution in [-0.4, -0.2) is 44.8 Å². The predicted molar refractivity (Wildman–Crippen MR) is 92.1 cm³/mol. The smallest absolute Gasteiger partial charge is 0.151 e. The van der Waals surface area contributed by atoms with Gasteiger partial charge in [-0.2, -0.15) is 5.10 Å². The van der Waals surface area contributed by atoms with Crippen molar-refractivity contribution < 1.29 is 0 Å². The highest BCUT2D eigenvalue weighted by atomic mass is 15.3. The van der Waals surface area contributed by atoms with E-state index in [9.17, 15) is 0 Å². The molecule has 1 aliphatic heterocycles. The third-order valence-corrected chi connectivity index (χ3v) is 4.86. The monoisotopic (exact) mass is 321 g/mol. The molecule has 1 aliphatic carbocycles. The van der Waals surface area contributed by atoms with Gasteiger partial charge in [-0.1, -0.05) is 0 Å². The molecule has 1 saturated heterocycles. The second-order valence-electron chi connectivity index (χ2n) is 6.70. The molecule has 122 valence electrons. The molecule has 0 atom stereocenters. The molecule has 1 saturated carbocycles. The Hall–Kier alpha value is -2.70. The van der Waals surface area contributed by atoms with Gasteiger partial charge < -0.3 is 15.2 Å². The Morgan fingerprint density at radius 2 is 2.04 bits per heavy atom. The van der Waals surface area contributed by atoms with Gasteiger partial charge in [0.2, 0.25) is 0 Å². The highest BCUT2D eigenvalue weighted by Gasteiger charge is 2.29. The first-order valence-electron chi connectivity index (χ1n) is 8.47. The van der Waals surface area contributed by atoms with Crippen molar-refractivity contribution in [3.63, 3.8) is 0 Å². The summed E-state index contributed by atoms with van der Waals surface area (Å²) >= 11 is 0. The number of aromatic amines is 1. The van der Waals surface area contributed by atoms with Crippen LogP contribution in [0.4, 0.5) is 11.6 Å². The van der Waals surface area contributed by atoms with Crippen molar-refractivity contribution in [2.24, 2.45) is 5.92 Å². The summed E-state index contributed by atoms with van der Waals surface area (Å²) in [5.41, 5.74) is 2.02. The molecular weight excluding hydrogens is 302 g/mol. The molecule has 0 amide bonds. The SMILES string of the molecule is c1nc(NCC2CN(c3ccc(C4CC4)nn3)C2)c2cc[nH]c2n1. The lowest BCUT2D eigenvalue weighted by Gasteiger charge is -2.40. The Labute approximate surface area is 139 Å². The molecule has 0 unspecified atom stereocenters. The zero-order chi connectivity index (χ0) is 15.9. The fourth-order valence-electron chi connectivity index (χ4n) is 3.24. The van der Waals surface area contributed by atoms with Crippen LogP contribution in [0, 0.1) is 5.92 Å². The van der Waals surface area contributed by atoms with Gasteiger partial charge in [-0.15, -0.1) is 5.10 Å². The average Bonchev–Trinajstić information content (AvgIpc) is 3.31. The molecule has 5 rings (SSSR count). The summed E-state index contributed by atoms with van der Waals surface area (Å²) in [5.74, 6) is 3.15. The fourth-order valence-corrected chi connectivity index (χ4v) is 3.24. The number of nitrogens with one attached hydrogen (secondary N) is 2. The molecule has 0 aromatic carbocycles. The fraction of sp³-hybridized carbons (Fsp3) is 0.412. The number of hydrogen-bond acceptors (Lipinski definition) is 6. The van der Waals surface area contributed by atoms with Crippen LogP contribution in [0.5, 0.6) is 0 Å². The van der Waals surface area contributed by atoms with Crippen molar-refractivity contribution in [3.8, 4) is 0 Å². The van der Waals surface area contributed by atoms with Gasteiger partial charge in [-0.25, -0.2) is 9.97 Å². The van der Waals surface area contributed by atoms with E-state index in [1.807, 2.05) is 12.3 Å². The van der Waals surface area contributed by atoms with Crippen LogP contribution >= 0.6 is 0 Å². The molecule has 4 heterocycles. The van der Waals surface area contributed by atoms with E-state index in [-0.39, 0.29) is 0 Å². The molecular formula is C17H19N7. The van der Waals surface area contributed by atoms with E-state index in [2.05, 4.69) is 47.5 Å². The molecule has 0 spiro atoms. The molecule has 2 fully saturated rings. The first-order valence-corrected chi connectivity index (χ1v) is 8.47. The van der Waals surface area contributed by atoms with E-state index in [1.54, 1.807) is 6.33 Å². The molecule has 7 nitrogen and oxygen atoms in total. The predicted octanol–water partition coefficient (Wildman–Crippen LogP) is 2.17. The van der Waals surface area contributed by atoms with Crippen molar-refractivity contribution in [2.75, 3.05) is 29.9 Å². The van der Waals surface area contributed by atoms with Crippen LogP contribution in [0.2, 0.25) is 0 Å². The minimum Gasteiger partial charge on any atom is -0.369 e. The summed E-state index contributed by atoms with van der Waals surface area (Å²) in [6.07, 6.45) is 6.01. The van der Waals surface area contributed by atoms with Gasteiger partial charge in [0.05, 0.1) is 11.1 Å². The largest absolute Gasteiger partial charge is 0.369 e. The van der Waals surface area contributed by atoms with Crippen LogP contribution in [0.15, 0.2) is 30.7 Å². The van der Waals surface area contributed by atoms with Gasteiger partial charge in [0.15, 0.2) is 5.82 Å². The average molecular weight is 321 g/mol. The summed E-state index contributed by atoms with van der Waals surface area (Å²) in [7, 11) is 0. The second-order valence-corrected chi connectivity index (χ2v) is 6.70. The number of anilines is 2. The second kappa shape index (κ2) is 5.43. The van der Waals surface area contributed by atoms with E-state index < -0.39 is 0 Å². The number of fused-ring (bicyclic) bond motifs is 1. The standard InChI is InChI=1S/C17H19N7/c1-2-12(1)14-3-4-15(23-22-14)24-8-11(9-24)7-19-17-13-5-6-18-16(13)20-10-21-17/h3-6,10-12H,1-2,7-9H2,(H2,18,19,20,21). The van der Waals surface area contributed by atoms with Gasteiger partial charge in [-0.05, 0) is 31.0 Å². The topological polar surface area (TPSA) is 82.6 Å². The maximum absolute atomic E-state index is 4.38. The number of rotatable bonds is 5. The lowest BCUT2D eigenvalue weighted by Crippen LogP contribution is -2.50.